The molecule has 0 aromatic carbocycles. The number of nitrogens with one attached hydrogen (secondary N) is 2. The Morgan fingerprint density at radius 3 is 1.27 bits per heavy atom. The molecular weight excluding hydrogens is 466 g/mol. The summed E-state index contributed by atoms with van der Waals surface area (Å²) in [4.78, 5) is 27.1. The van der Waals surface area contributed by atoms with Crippen LogP contribution in [-0.2, 0) is 9.47 Å². The van der Waals surface area contributed by atoms with Crippen molar-refractivity contribution in [2.45, 2.75) is 162 Å². The van der Waals surface area contributed by atoms with Crippen LogP contribution >= 0.6 is 0 Å². The van der Waals surface area contributed by atoms with Gasteiger partial charge in [0.1, 0.15) is 11.2 Å². The van der Waals surface area contributed by atoms with Crippen LogP contribution in [0.3, 0.4) is 0 Å². The lowest BCUT2D eigenvalue weighted by atomic mass is 10.0. The number of amides is 2. The first-order valence-corrected chi connectivity index (χ1v) is 15.1. The second-order valence-corrected chi connectivity index (χ2v) is 12.9. The fourth-order valence-corrected chi connectivity index (χ4v) is 4.81. The fraction of sp³-hybridized carbons (Fsp3) is 0.933. The number of hydrogen-bond donors (Lipinski definition) is 2. The normalized spacial score (nSPS) is 18.6. The predicted octanol–water partition coefficient (Wildman–Crippen LogP) is 7.57. The van der Waals surface area contributed by atoms with E-state index in [0.29, 0.717) is 13.1 Å². The van der Waals surface area contributed by atoms with Gasteiger partial charge in [-0.2, -0.15) is 0 Å². The van der Waals surface area contributed by atoms with Gasteiger partial charge in [0.15, 0.2) is 0 Å². The molecule has 0 unspecified atom stereocenters. The van der Waals surface area contributed by atoms with Crippen LogP contribution in [0.4, 0.5) is 9.59 Å². The van der Waals surface area contributed by atoms with Crippen molar-refractivity contribution in [3.63, 3.8) is 0 Å². The lowest BCUT2D eigenvalue weighted by molar-refractivity contribution is 0.0447. The van der Waals surface area contributed by atoms with Crippen LogP contribution < -0.4 is 10.6 Å². The van der Waals surface area contributed by atoms with E-state index in [1.54, 1.807) is 0 Å². The van der Waals surface area contributed by atoms with Crippen LogP contribution in [0.15, 0.2) is 0 Å². The highest BCUT2D eigenvalue weighted by molar-refractivity contribution is 5.70. The molecule has 2 amide bonds. The van der Waals surface area contributed by atoms with E-state index < -0.39 is 23.4 Å². The van der Waals surface area contributed by atoms with Crippen molar-refractivity contribution in [1.29, 1.82) is 0 Å². The molecule has 0 radical (unpaired) electrons. The molecule has 218 valence electrons. The van der Waals surface area contributed by atoms with Crippen molar-refractivity contribution >= 4 is 12.2 Å². The smallest absolute Gasteiger partial charge is 0.407 e. The maximum absolute atomic E-state index is 12.4. The molecule has 0 bridgehead atoms. The molecule has 0 saturated carbocycles. The Kier molecular flexibility index (Phi) is 16.2. The van der Waals surface area contributed by atoms with Gasteiger partial charge in [-0.1, -0.05) is 90.4 Å². The van der Waals surface area contributed by atoms with E-state index in [9.17, 15) is 9.59 Å². The van der Waals surface area contributed by atoms with Crippen molar-refractivity contribution in [2.75, 3.05) is 19.6 Å². The van der Waals surface area contributed by atoms with Gasteiger partial charge in [-0.15, -0.1) is 0 Å². The predicted molar refractivity (Wildman–Crippen MR) is 153 cm³/mol. The summed E-state index contributed by atoms with van der Waals surface area (Å²) in [6.45, 7) is 15.7. The van der Waals surface area contributed by atoms with Crippen molar-refractivity contribution in [3.8, 4) is 0 Å². The van der Waals surface area contributed by atoms with Crippen LogP contribution in [0, 0.1) is 0 Å². The van der Waals surface area contributed by atoms with Crippen LogP contribution in [-0.4, -0.2) is 60.0 Å². The summed E-state index contributed by atoms with van der Waals surface area (Å²) in [6, 6.07) is -0.428. The number of carbonyl (C=O) groups excluding carboxylic acids is 2. The minimum Gasteiger partial charge on any atom is -0.444 e. The third-order valence-corrected chi connectivity index (χ3v) is 6.63. The molecule has 1 fully saturated rings. The van der Waals surface area contributed by atoms with Gasteiger partial charge in [-0.25, -0.2) is 9.59 Å². The molecule has 0 aliphatic carbocycles. The highest BCUT2D eigenvalue weighted by Crippen LogP contribution is 2.17. The topological polar surface area (TPSA) is 79.9 Å². The third-order valence-electron chi connectivity index (χ3n) is 6.63. The summed E-state index contributed by atoms with van der Waals surface area (Å²) in [5.74, 6) is 0. The van der Waals surface area contributed by atoms with Crippen molar-refractivity contribution in [3.05, 3.63) is 0 Å². The van der Waals surface area contributed by atoms with Gasteiger partial charge in [0.05, 0.1) is 12.1 Å². The van der Waals surface area contributed by atoms with Gasteiger partial charge in [0.2, 0.25) is 0 Å². The van der Waals surface area contributed by atoms with E-state index in [4.69, 9.17) is 9.47 Å². The number of likely N-dealkylation sites (tertiary alicyclic amines) is 1. The monoisotopic (exact) mass is 525 g/mol. The van der Waals surface area contributed by atoms with Gasteiger partial charge in [0, 0.05) is 13.1 Å². The SMILES string of the molecule is CCCCCCCCCCCCCCCCN1C[C@H](NC(=O)OC(C)(C)C)[C@@H](NC(=O)OC(C)(C)C)C1. The number of hydrogen-bond acceptors (Lipinski definition) is 5. The average molecular weight is 526 g/mol. The molecule has 1 aliphatic rings. The highest BCUT2D eigenvalue weighted by Gasteiger charge is 2.36. The van der Waals surface area contributed by atoms with Gasteiger partial charge in [-0.05, 0) is 54.5 Å². The van der Waals surface area contributed by atoms with E-state index in [1.807, 2.05) is 41.5 Å². The standard InChI is InChI=1S/C30H59N3O4/c1-8-9-10-11-12-13-14-15-16-17-18-19-20-21-22-33-23-25(31-27(34)36-29(2,3)4)26(24-33)32-28(35)37-30(5,6)7/h25-26H,8-24H2,1-7H3,(H,31,34)(H,32,35)/t25-,26-/m0/s1. The second kappa shape index (κ2) is 17.9. The number of nitrogens with zero attached hydrogens (tertiary/aromatic N) is 1. The highest BCUT2D eigenvalue weighted by atomic mass is 16.6. The molecule has 0 spiro atoms. The van der Waals surface area contributed by atoms with Crippen molar-refractivity contribution in [2.24, 2.45) is 0 Å². The summed E-state index contributed by atoms with van der Waals surface area (Å²) in [7, 11) is 0. The largest absolute Gasteiger partial charge is 0.444 e. The molecule has 7 heteroatoms. The minimum absolute atomic E-state index is 0.214. The van der Waals surface area contributed by atoms with Gasteiger partial charge in [-0.3, -0.25) is 4.90 Å². The van der Waals surface area contributed by atoms with E-state index in [1.165, 1.54) is 83.5 Å². The molecule has 2 N–H and O–H groups in total. The zero-order valence-corrected chi connectivity index (χ0v) is 25.3. The third kappa shape index (κ3) is 18.4. The maximum Gasteiger partial charge on any atom is 0.407 e. The number of ether oxygens (including phenoxy) is 2. The summed E-state index contributed by atoms with van der Waals surface area (Å²) in [5.41, 5.74) is -1.13. The Morgan fingerprint density at radius 1 is 0.622 bits per heavy atom. The van der Waals surface area contributed by atoms with Crippen LogP contribution in [0.5, 0.6) is 0 Å². The van der Waals surface area contributed by atoms with Crippen LogP contribution in [0.1, 0.15) is 138 Å². The number of unbranched alkanes of at least 4 members (excludes halogenated alkanes) is 13. The zero-order valence-electron chi connectivity index (χ0n) is 25.3. The molecule has 1 aliphatic heterocycles. The first kappa shape index (κ1) is 33.5. The Hall–Kier alpha value is -1.50. The quantitative estimate of drug-likeness (QED) is 0.191. The van der Waals surface area contributed by atoms with Crippen LogP contribution in [0.2, 0.25) is 0 Å². The lowest BCUT2D eigenvalue weighted by Gasteiger charge is -2.26. The van der Waals surface area contributed by atoms with Crippen LogP contribution in [0.25, 0.3) is 0 Å². The molecule has 7 nitrogen and oxygen atoms in total. The minimum atomic E-state index is -0.565. The first-order chi connectivity index (χ1) is 17.4. The molecule has 1 heterocycles. The molecule has 2 atom stereocenters. The van der Waals surface area contributed by atoms with E-state index in [-0.39, 0.29) is 12.1 Å². The number of alkyl carbamates (subject to hydrolysis) is 2. The van der Waals surface area contributed by atoms with E-state index in [0.717, 1.165) is 13.0 Å². The summed E-state index contributed by atoms with van der Waals surface area (Å²) >= 11 is 0. The molecule has 0 aromatic rings. The van der Waals surface area contributed by atoms with E-state index >= 15 is 0 Å². The first-order valence-electron chi connectivity index (χ1n) is 15.1. The van der Waals surface area contributed by atoms with Crippen molar-refractivity contribution < 1.29 is 19.1 Å². The number of rotatable bonds is 17. The molecule has 1 rings (SSSR count). The summed E-state index contributed by atoms with van der Waals surface area (Å²) in [6.07, 6.45) is 17.9. The van der Waals surface area contributed by atoms with Gasteiger partial charge >= 0.3 is 12.2 Å². The maximum atomic E-state index is 12.4. The van der Waals surface area contributed by atoms with Gasteiger partial charge < -0.3 is 20.1 Å². The Labute approximate surface area is 228 Å². The van der Waals surface area contributed by atoms with E-state index in [2.05, 4.69) is 22.5 Å². The Morgan fingerprint density at radius 2 is 0.946 bits per heavy atom. The molecule has 1 saturated heterocycles. The number of carbonyl (C=O) groups is 2. The fourth-order valence-electron chi connectivity index (χ4n) is 4.81. The molecular formula is C30H59N3O4. The lowest BCUT2D eigenvalue weighted by Crippen LogP contribution is -2.52. The summed E-state index contributed by atoms with van der Waals surface area (Å²) in [5, 5.41) is 5.92. The van der Waals surface area contributed by atoms with Crippen molar-refractivity contribution in [1.82, 2.24) is 15.5 Å². The Bertz CT molecular complexity index is 589. The summed E-state index contributed by atoms with van der Waals surface area (Å²) < 4.78 is 10.9. The average Bonchev–Trinajstić information content (AvgIpc) is 3.11. The Balaban J connectivity index is 2.28. The second-order valence-electron chi connectivity index (χ2n) is 12.9. The molecule has 37 heavy (non-hydrogen) atoms. The molecule has 0 aromatic heterocycles. The zero-order chi connectivity index (χ0) is 27.7. The van der Waals surface area contributed by atoms with Gasteiger partial charge in [0.25, 0.3) is 0 Å².